The van der Waals surface area contributed by atoms with Crippen LogP contribution in [0.3, 0.4) is 0 Å². The normalized spacial score (nSPS) is 16.2. The monoisotopic (exact) mass is 405 g/mol. The molecule has 1 atom stereocenters. The van der Waals surface area contributed by atoms with Gasteiger partial charge in [0.1, 0.15) is 6.29 Å². The van der Waals surface area contributed by atoms with E-state index in [2.05, 4.69) is 26.3 Å². The second kappa shape index (κ2) is 6.74. The molecule has 2 aromatic rings. The number of aldehydes is 1. The molecule has 25 heavy (non-hydrogen) atoms. The largest absolute Gasteiger partial charge is 0.489 e. The molecule has 1 aliphatic rings. The quantitative estimate of drug-likeness (QED) is 0.478. The van der Waals surface area contributed by atoms with Gasteiger partial charge in [-0.2, -0.15) is 5.10 Å². The first-order chi connectivity index (χ1) is 11.9. The Bertz CT molecular complexity index is 819. The topological polar surface area (TPSA) is 104 Å². The number of benzene rings is 1. The molecule has 130 valence electrons. The highest BCUT2D eigenvalue weighted by molar-refractivity contribution is 9.10. The first-order valence-electron chi connectivity index (χ1n) is 7.84. The molecule has 1 amide bonds. The fourth-order valence-electron chi connectivity index (χ4n) is 3.00. The van der Waals surface area contributed by atoms with E-state index in [1.165, 1.54) is 18.2 Å². The van der Waals surface area contributed by atoms with Gasteiger partial charge in [-0.1, -0.05) is 6.07 Å². The number of amides is 1. The average molecular weight is 406 g/mol. The summed E-state index contributed by atoms with van der Waals surface area (Å²) in [6, 6.07) is 4.03. The van der Waals surface area contributed by atoms with Gasteiger partial charge in [0.25, 0.3) is 5.91 Å². The van der Waals surface area contributed by atoms with E-state index in [1.807, 2.05) is 17.8 Å². The summed E-state index contributed by atoms with van der Waals surface area (Å²) < 4.78 is 2.75. The van der Waals surface area contributed by atoms with Gasteiger partial charge in [0, 0.05) is 17.3 Å². The zero-order chi connectivity index (χ0) is 18.2. The Morgan fingerprint density at radius 1 is 1.48 bits per heavy atom. The molecule has 7 nitrogen and oxygen atoms in total. The Hall–Kier alpha value is -1.97. The molecule has 0 aliphatic heterocycles. The number of hydrogen-bond donors (Lipinski definition) is 3. The number of aromatic nitrogens is 2. The van der Waals surface area contributed by atoms with Crippen molar-refractivity contribution in [1.29, 1.82) is 0 Å². The summed E-state index contributed by atoms with van der Waals surface area (Å²) >= 11 is 3.38. The predicted molar refractivity (Wildman–Crippen MR) is 95.7 cm³/mol. The van der Waals surface area contributed by atoms with E-state index in [-0.39, 0.29) is 34.1 Å². The first-order valence-corrected chi connectivity index (χ1v) is 8.63. The van der Waals surface area contributed by atoms with Crippen LogP contribution in [-0.2, 0) is 5.54 Å². The predicted octanol–water partition coefficient (Wildman–Crippen LogP) is 0.446. The van der Waals surface area contributed by atoms with Crippen LogP contribution in [0, 0.1) is 0 Å². The summed E-state index contributed by atoms with van der Waals surface area (Å²) in [6.07, 6.45) is 5.93. The van der Waals surface area contributed by atoms with Crippen LogP contribution in [0.1, 0.15) is 40.5 Å². The van der Waals surface area contributed by atoms with E-state index in [0.717, 1.165) is 17.3 Å². The van der Waals surface area contributed by atoms with Crippen molar-refractivity contribution in [1.82, 2.24) is 15.1 Å². The van der Waals surface area contributed by atoms with E-state index < -0.39 is 7.12 Å². The van der Waals surface area contributed by atoms with Gasteiger partial charge in [-0.15, -0.1) is 0 Å². The van der Waals surface area contributed by atoms with Crippen molar-refractivity contribution in [3.8, 4) is 0 Å². The molecule has 0 saturated heterocycles. The number of hydrogen-bond acceptors (Lipinski definition) is 5. The minimum Gasteiger partial charge on any atom is -0.423 e. The lowest BCUT2D eigenvalue weighted by atomic mass is 9.77. The van der Waals surface area contributed by atoms with Crippen LogP contribution in [0.2, 0.25) is 0 Å². The van der Waals surface area contributed by atoms with Crippen LogP contribution in [0.4, 0.5) is 0 Å². The van der Waals surface area contributed by atoms with Gasteiger partial charge >= 0.3 is 7.12 Å². The Labute approximate surface area is 153 Å². The molecule has 0 radical (unpaired) electrons. The van der Waals surface area contributed by atoms with Gasteiger partial charge in [0.05, 0.1) is 22.3 Å². The van der Waals surface area contributed by atoms with Gasteiger partial charge in [-0.3, -0.25) is 14.3 Å². The third-order valence-corrected chi connectivity index (χ3v) is 5.09. The van der Waals surface area contributed by atoms with Gasteiger partial charge in [0.2, 0.25) is 0 Å². The molecule has 1 fully saturated rings. The first kappa shape index (κ1) is 17.8. The van der Waals surface area contributed by atoms with Crippen LogP contribution in [-0.4, -0.2) is 45.2 Å². The molecule has 1 saturated carbocycles. The maximum Gasteiger partial charge on any atom is 0.489 e. The highest BCUT2D eigenvalue weighted by Gasteiger charge is 2.50. The summed E-state index contributed by atoms with van der Waals surface area (Å²) in [6.45, 7) is 1.92. The van der Waals surface area contributed by atoms with Crippen molar-refractivity contribution >= 4 is 40.7 Å². The van der Waals surface area contributed by atoms with Crippen molar-refractivity contribution in [2.75, 3.05) is 0 Å². The molecule has 0 bridgehead atoms. The van der Waals surface area contributed by atoms with Gasteiger partial charge in [-0.05, 0) is 53.3 Å². The molecule has 1 unspecified atom stereocenters. The lowest BCUT2D eigenvalue weighted by molar-refractivity contribution is 0.0921. The zero-order valence-electron chi connectivity index (χ0n) is 13.5. The summed E-state index contributed by atoms with van der Waals surface area (Å²) in [4.78, 5) is 23.6. The average Bonchev–Trinajstić information content (AvgIpc) is 3.29. The molecule has 1 aliphatic carbocycles. The van der Waals surface area contributed by atoms with Gasteiger partial charge in [-0.25, -0.2) is 0 Å². The molecular formula is C16H17BBrN3O4. The molecule has 3 rings (SSSR count). The minimum atomic E-state index is -1.76. The van der Waals surface area contributed by atoms with Crippen molar-refractivity contribution < 1.29 is 19.6 Å². The van der Waals surface area contributed by atoms with E-state index >= 15 is 0 Å². The molecule has 1 aromatic carbocycles. The Kier molecular flexibility index (Phi) is 4.81. The zero-order valence-corrected chi connectivity index (χ0v) is 15.1. The highest BCUT2D eigenvalue weighted by atomic mass is 79.9. The molecule has 3 N–H and O–H groups in total. The number of nitrogens with one attached hydrogen (secondary N) is 1. The van der Waals surface area contributed by atoms with E-state index in [0.29, 0.717) is 6.29 Å². The number of carbonyl (C=O) groups excluding carboxylic acids is 2. The third kappa shape index (κ3) is 3.40. The fourth-order valence-corrected chi connectivity index (χ4v) is 3.29. The lowest BCUT2D eigenvalue weighted by Gasteiger charge is -2.25. The van der Waals surface area contributed by atoms with Crippen LogP contribution in [0.5, 0.6) is 0 Å². The molecule has 0 spiro atoms. The van der Waals surface area contributed by atoms with E-state index in [9.17, 15) is 19.6 Å². The molecule has 9 heteroatoms. The number of halogens is 1. The van der Waals surface area contributed by atoms with Crippen LogP contribution in [0.15, 0.2) is 35.1 Å². The Morgan fingerprint density at radius 3 is 2.72 bits per heavy atom. The van der Waals surface area contributed by atoms with Gasteiger partial charge < -0.3 is 15.4 Å². The molecule has 1 aromatic heterocycles. The summed E-state index contributed by atoms with van der Waals surface area (Å²) in [5, 5.41) is 25.7. The van der Waals surface area contributed by atoms with Crippen molar-refractivity contribution in [2.45, 2.75) is 31.3 Å². The smallest absolute Gasteiger partial charge is 0.423 e. The molecule has 1 heterocycles. The lowest BCUT2D eigenvalue weighted by Crippen LogP contribution is -2.44. The fraction of sp³-hybridized carbons (Fsp3) is 0.312. The van der Waals surface area contributed by atoms with Crippen molar-refractivity contribution in [2.24, 2.45) is 0 Å². The Balaban J connectivity index is 1.77. The van der Waals surface area contributed by atoms with E-state index in [4.69, 9.17) is 0 Å². The van der Waals surface area contributed by atoms with Crippen molar-refractivity contribution in [3.05, 3.63) is 46.2 Å². The second-order valence-corrected chi connectivity index (χ2v) is 7.15. The Morgan fingerprint density at radius 2 is 2.20 bits per heavy atom. The molecular weight excluding hydrogens is 389 g/mol. The summed E-state index contributed by atoms with van der Waals surface area (Å²) in [5.41, 5.74) is 0.194. The maximum absolute atomic E-state index is 12.5. The van der Waals surface area contributed by atoms with Crippen LogP contribution >= 0.6 is 15.9 Å². The number of nitrogens with zero attached hydrogens (tertiary/aromatic N) is 2. The number of carbonyl (C=O) groups is 2. The second-order valence-electron chi connectivity index (χ2n) is 6.24. The van der Waals surface area contributed by atoms with E-state index in [1.54, 1.807) is 6.20 Å². The SMILES string of the molecule is CC(NC(=O)c1ccc(B(O)O)c(C=O)c1)C1(n2cc(Br)cn2)CC1. The van der Waals surface area contributed by atoms with Gasteiger partial charge in [0.15, 0.2) is 0 Å². The third-order valence-electron chi connectivity index (χ3n) is 4.68. The standard InChI is InChI=1S/C16H17BBrN3O4/c1-10(16(4-5-16)21-8-13(18)7-19-21)20-15(23)11-2-3-14(17(24)25)12(6-11)9-22/h2-3,6-10,24-25H,4-5H2,1H3,(H,20,23). The minimum absolute atomic E-state index is 0.0691. The summed E-state index contributed by atoms with van der Waals surface area (Å²) in [7, 11) is -1.76. The maximum atomic E-state index is 12.5. The van der Waals surface area contributed by atoms with Crippen LogP contribution in [0.25, 0.3) is 0 Å². The number of rotatable bonds is 6. The van der Waals surface area contributed by atoms with Crippen molar-refractivity contribution in [3.63, 3.8) is 0 Å². The summed E-state index contributed by atoms with van der Waals surface area (Å²) in [5.74, 6) is -0.327. The highest BCUT2D eigenvalue weighted by Crippen LogP contribution is 2.46. The van der Waals surface area contributed by atoms with Crippen LogP contribution < -0.4 is 10.8 Å².